The third kappa shape index (κ3) is 3.43. The van der Waals surface area contributed by atoms with Crippen molar-refractivity contribution in [3.05, 3.63) is 52.9 Å². The topological polar surface area (TPSA) is 63.8 Å². The van der Waals surface area contributed by atoms with Crippen LogP contribution in [0.15, 0.2) is 36.7 Å². The molecule has 1 atom stereocenters. The second-order valence-electron chi connectivity index (χ2n) is 4.27. The highest BCUT2D eigenvalue weighted by molar-refractivity contribution is 6.30. The van der Waals surface area contributed by atoms with E-state index in [1.807, 2.05) is 24.3 Å². The summed E-state index contributed by atoms with van der Waals surface area (Å²) in [4.78, 5) is 8.51. The van der Waals surface area contributed by atoms with Crippen molar-refractivity contribution in [2.24, 2.45) is 0 Å². The van der Waals surface area contributed by atoms with Gasteiger partial charge in [0, 0.05) is 18.0 Å². The Hall–Kier alpha value is -1.65. The molecule has 5 heteroatoms. The quantitative estimate of drug-likeness (QED) is 0.881. The number of nitrogens with two attached hydrogens (primary N) is 1. The average Bonchev–Trinajstić information content (AvgIpc) is 2.43. The summed E-state index contributed by atoms with van der Waals surface area (Å²) in [5.41, 5.74) is 7.78. The van der Waals surface area contributed by atoms with E-state index in [1.54, 1.807) is 12.4 Å². The lowest BCUT2D eigenvalue weighted by Crippen LogP contribution is -2.25. The van der Waals surface area contributed by atoms with Crippen LogP contribution in [0.2, 0.25) is 5.02 Å². The predicted octanol–water partition coefficient (Wildman–Crippen LogP) is 2.80. The molecule has 2 rings (SSSR count). The molecule has 0 fully saturated rings. The smallest absolute Gasteiger partial charge is 0.128 e. The molecule has 0 aromatic carbocycles. The van der Waals surface area contributed by atoms with E-state index in [2.05, 4.69) is 22.2 Å². The highest BCUT2D eigenvalue weighted by Crippen LogP contribution is 2.24. The average molecular weight is 277 g/mol. The summed E-state index contributed by atoms with van der Waals surface area (Å²) in [6, 6.07) is 7.51. The number of hydrogen-bond acceptors (Lipinski definition) is 4. The molecule has 0 aliphatic heterocycles. The van der Waals surface area contributed by atoms with Crippen LogP contribution in [0, 0.1) is 0 Å². The Morgan fingerprint density at radius 2 is 2.16 bits per heavy atom. The Kier molecular flexibility index (Phi) is 4.71. The third-order valence-electron chi connectivity index (χ3n) is 2.83. The van der Waals surface area contributed by atoms with Crippen molar-refractivity contribution >= 4 is 17.4 Å². The first-order chi connectivity index (χ1) is 9.22. The van der Waals surface area contributed by atoms with Gasteiger partial charge in [-0.15, -0.1) is 0 Å². The molecule has 2 aromatic heterocycles. The van der Waals surface area contributed by atoms with Gasteiger partial charge in [-0.25, -0.2) is 4.98 Å². The van der Waals surface area contributed by atoms with Crippen molar-refractivity contribution in [3.63, 3.8) is 0 Å². The highest BCUT2D eigenvalue weighted by Gasteiger charge is 2.17. The molecule has 1 unspecified atom stereocenters. The molecular formula is C14H17ClN4. The molecule has 0 spiro atoms. The Morgan fingerprint density at radius 3 is 2.79 bits per heavy atom. The fraction of sp³-hybridized carbons (Fsp3) is 0.286. The minimum atomic E-state index is -0.0640. The Labute approximate surface area is 118 Å². The van der Waals surface area contributed by atoms with Crippen LogP contribution in [0.5, 0.6) is 0 Å². The van der Waals surface area contributed by atoms with Crippen molar-refractivity contribution in [1.82, 2.24) is 15.3 Å². The molecule has 4 nitrogen and oxygen atoms in total. The number of hydrogen-bond donors (Lipinski definition) is 2. The molecule has 2 aromatic rings. The molecule has 0 saturated heterocycles. The van der Waals surface area contributed by atoms with Crippen LogP contribution in [0.25, 0.3) is 0 Å². The standard InChI is InChI=1S/C14H17ClN4/c1-2-7-17-13(11-4-3-8-18-14(11)16)12-6-5-10(15)9-19-12/h3-6,8-9,13,17H,2,7H2,1H3,(H2,16,18). The van der Waals surface area contributed by atoms with Gasteiger partial charge in [0.1, 0.15) is 5.82 Å². The van der Waals surface area contributed by atoms with Crippen LogP contribution >= 0.6 is 11.6 Å². The SMILES string of the molecule is CCCNC(c1ccc(Cl)cn1)c1cccnc1N. The molecule has 0 radical (unpaired) electrons. The fourth-order valence-electron chi connectivity index (χ4n) is 1.89. The number of aromatic nitrogens is 2. The minimum Gasteiger partial charge on any atom is -0.383 e. The second-order valence-corrected chi connectivity index (χ2v) is 4.70. The zero-order chi connectivity index (χ0) is 13.7. The molecule has 3 N–H and O–H groups in total. The van der Waals surface area contributed by atoms with Gasteiger partial charge >= 0.3 is 0 Å². The third-order valence-corrected chi connectivity index (χ3v) is 3.05. The number of anilines is 1. The van der Waals surface area contributed by atoms with E-state index in [-0.39, 0.29) is 6.04 Å². The summed E-state index contributed by atoms with van der Waals surface area (Å²) in [5, 5.41) is 4.06. The predicted molar refractivity (Wildman–Crippen MR) is 78.0 cm³/mol. The van der Waals surface area contributed by atoms with Crippen molar-refractivity contribution in [2.45, 2.75) is 19.4 Å². The normalized spacial score (nSPS) is 12.3. The molecule has 2 heterocycles. The monoisotopic (exact) mass is 276 g/mol. The molecule has 19 heavy (non-hydrogen) atoms. The van der Waals surface area contributed by atoms with E-state index in [0.717, 1.165) is 24.2 Å². The van der Waals surface area contributed by atoms with Gasteiger partial charge < -0.3 is 11.1 Å². The summed E-state index contributed by atoms with van der Waals surface area (Å²) in [6.45, 7) is 3.00. The zero-order valence-electron chi connectivity index (χ0n) is 10.8. The second kappa shape index (κ2) is 6.50. The summed E-state index contributed by atoms with van der Waals surface area (Å²) in [6.07, 6.45) is 4.36. The Bertz CT molecular complexity index is 527. The van der Waals surface area contributed by atoms with E-state index in [9.17, 15) is 0 Å². The van der Waals surface area contributed by atoms with Gasteiger partial charge in [0.05, 0.1) is 16.8 Å². The zero-order valence-corrected chi connectivity index (χ0v) is 11.6. The number of pyridine rings is 2. The maximum atomic E-state index is 5.96. The van der Waals surface area contributed by atoms with E-state index < -0.39 is 0 Å². The molecule has 100 valence electrons. The van der Waals surface area contributed by atoms with Crippen molar-refractivity contribution in [1.29, 1.82) is 0 Å². The van der Waals surface area contributed by atoms with Crippen LogP contribution in [-0.2, 0) is 0 Å². The Morgan fingerprint density at radius 1 is 1.32 bits per heavy atom. The largest absolute Gasteiger partial charge is 0.383 e. The van der Waals surface area contributed by atoms with Gasteiger partial charge in [-0.2, -0.15) is 0 Å². The molecule has 0 bridgehead atoms. The number of nitrogens with one attached hydrogen (secondary N) is 1. The Balaban J connectivity index is 2.35. The van der Waals surface area contributed by atoms with Crippen molar-refractivity contribution < 1.29 is 0 Å². The summed E-state index contributed by atoms with van der Waals surface area (Å²) >= 11 is 5.88. The first-order valence-electron chi connectivity index (χ1n) is 6.27. The fourth-order valence-corrected chi connectivity index (χ4v) is 2.01. The first-order valence-corrected chi connectivity index (χ1v) is 6.65. The van der Waals surface area contributed by atoms with Crippen molar-refractivity contribution in [2.75, 3.05) is 12.3 Å². The van der Waals surface area contributed by atoms with Gasteiger partial charge in [0.15, 0.2) is 0 Å². The van der Waals surface area contributed by atoms with E-state index in [4.69, 9.17) is 17.3 Å². The molecule has 0 aliphatic carbocycles. The van der Waals surface area contributed by atoms with Gasteiger partial charge in [-0.1, -0.05) is 24.6 Å². The van der Waals surface area contributed by atoms with Gasteiger partial charge in [0.2, 0.25) is 0 Å². The molecule has 0 amide bonds. The van der Waals surface area contributed by atoms with Gasteiger partial charge in [0.25, 0.3) is 0 Å². The number of nitrogens with zero attached hydrogens (tertiary/aromatic N) is 2. The van der Waals surface area contributed by atoms with Crippen LogP contribution in [0.1, 0.15) is 30.6 Å². The first kappa shape index (κ1) is 13.8. The highest BCUT2D eigenvalue weighted by atomic mass is 35.5. The molecule has 0 saturated carbocycles. The maximum absolute atomic E-state index is 5.96. The lowest BCUT2D eigenvalue weighted by atomic mass is 10.0. The number of rotatable bonds is 5. The van der Waals surface area contributed by atoms with Crippen LogP contribution < -0.4 is 11.1 Å². The lowest BCUT2D eigenvalue weighted by molar-refractivity contribution is 0.586. The van der Waals surface area contributed by atoms with E-state index in [1.165, 1.54) is 0 Å². The van der Waals surface area contributed by atoms with Crippen LogP contribution in [-0.4, -0.2) is 16.5 Å². The summed E-state index contributed by atoms with van der Waals surface area (Å²) in [7, 11) is 0. The van der Waals surface area contributed by atoms with Gasteiger partial charge in [-0.3, -0.25) is 4.98 Å². The van der Waals surface area contributed by atoms with E-state index in [0.29, 0.717) is 10.8 Å². The summed E-state index contributed by atoms with van der Waals surface area (Å²) in [5.74, 6) is 0.521. The summed E-state index contributed by atoms with van der Waals surface area (Å²) < 4.78 is 0. The minimum absolute atomic E-state index is 0.0640. The van der Waals surface area contributed by atoms with Crippen molar-refractivity contribution in [3.8, 4) is 0 Å². The number of halogens is 1. The van der Waals surface area contributed by atoms with E-state index >= 15 is 0 Å². The van der Waals surface area contributed by atoms with Gasteiger partial charge in [-0.05, 0) is 31.2 Å². The van der Waals surface area contributed by atoms with Crippen LogP contribution in [0.4, 0.5) is 5.82 Å². The lowest BCUT2D eigenvalue weighted by Gasteiger charge is -2.19. The molecule has 0 aliphatic rings. The number of nitrogen functional groups attached to an aromatic ring is 1. The van der Waals surface area contributed by atoms with Crippen LogP contribution in [0.3, 0.4) is 0 Å². The molecular weight excluding hydrogens is 260 g/mol. The maximum Gasteiger partial charge on any atom is 0.128 e.